The molecule has 204 valence electrons. The van der Waals surface area contributed by atoms with E-state index in [1.807, 2.05) is 24.3 Å². The quantitative estimate of drug-likeness (QED) is 0.119. The number of H-pyrrole nitrogens is 2. The number of nitrogens with one attached hydrogen (secondary N) is 5. The molecule has 3 amide bonds. The number of carbonyl (C=O) groups is 4. The third-order valence-corrected chi connectivity index (χ3v) is 6.32. The van der Waals surface area contributed by atoms with Crippen molar-refractivity contribution in [3.63, 3.8) is 0 Å². The number of para-hydroxylation sites is 1. The first kappa shape index (κ1) is 28.7. The number of amides is 3. The number of carboxylic acids is 1. The molecule has 0 saturated heterocycles. The van der Waals surface area contributed by atoms with Gasteiger partial charge in [0.25, 0.3) is 0 Å². The minimum Gasteiger partial charge on any atom is -0.480 e. The Kier molecular flexibility index (Phi) is 9.87. The van der Waals surface area contributed by atoms with Gasteiger partial charge < -0.3 is 41.9 Å². The lowest BCUT2D eigenvalue weighted by molar-refractivity contribution is -0.145. The maximum Gasteiger partial charge on any atom is 0.328 e. The Balaban J connectivity index is 1.87. The fourth-order valence-electron chi connectivity index (χ4n) is 3.83. The molecule has 5 atom stereocenters. The van der Waals surface area contributed by atoms with Gasteiger partial charge in [0.2, 0.25) is 17.7 Å². The van der Waals surface area contributed by atoms with E-state index in [9.17, 15) is 29.4 Å². The van der Waals surface area contributed by atoms with Gasteiger partial charge in [0, 0.05) is 47.6 Å². The van der Waals surface area contributed by atoms with Crippen LogP contribution in [0.25, 0.3) is 10.9 Å². The van der Waals surface area contributed by atoms with Crippen molar-refractivity contribution in [2.45, 2.75) is 50.0 Å². The molecule has 13 nitrogen and oxygen atoms in total. The summed E-state index contributed by atoms with van der Waals surface area (Å²) in [6.45, 7) is 1.22. The minimum absolute atomic E-state index is 0.0496. The SMILES string of the molecule is CC(O)C(NC(=O)C(Cc1cnc[nH]1)NC(=O)C(Cc1c[nH]c2ccccc12)NC(=O)C(N)CS)C(=O)O. The fraction of sp³-hybridized carbons (Fsp3) is 0.375. The van der Waals surface area contributed by atoms with Crippen LogP contribution in [-0.4, -0.2) is 84.9 Å². The van der Waals surface area contributed by atoms with Gasteiger partial charge in [-0.25, -0.2) is 9.78 Å². The van der Waals surface area contributed by atoms with E-state index in [0.29, 0.717) is 5.69 Å². The molecule has 0 bridgehead atoms. The zero-order valence-corrected chi connectivity index (χ0v) is 21.4. The van der Waals surface area contributed by atoms with Gasteiger partial charge in [-0.1, -0.05) is 18.2 Å². The number of fused-ring (bicyclic) bond motifs is 1. The van der Waals surface area contributed by atoms with Gasteiger partial charge in [0.1, 0.15) is 12.1 Å². The summed E-state index contributed by atoms with van der Waals surface area (Å²) in [7, 11) is 0. The summed E-state index contributed by atoms with van der Waals surface area (Å²) in [6.07, 6.45) is 3.19. The van der Waals surface area contributed by atoms with Crippen LogP contribution in [-0.2, 0) is 32.0 Å². The van der Waals surface area contributed by atoms with Gasteiger partial charge in [-0.05, 0) is 18.6 Å². The molecule has 0 aliphatic carbocycles. The average molecular weight is 546 g/mol. The number of nitrogens with two attached hydrogens (primary N) is 1. The lowest BCUT2D eigenvalue weighted by atomic mass is 10.0. The van der Waals surface area contributed by atoms with Gasteiger partial charge in [-0.15, -0.1) is 0 Å². The van der Waals surface area contributed by atoms with Gasteiger partial charge in [0.05, 0.1) is 18.5 Å². The van der Waals surface area contributed by atoms with Crippen molar-refractivity contribution in [2.75, 3.05) is 5.75 Å². The van der Waals surface area contributed by atoms with Gasteiger partial charge in [-0.2, -0.15) is 12.6 Å². The average Bonchev–Trinajstić information content (AvgIpc) is 3.55. The van der Waals surface area contributed by atoms with Crippen LogP contribution in [0, 0.1) is 0 Å². The van der Waals surface area contributed by atoms with Crippen LogP contribution >= 0.6 is 12.6 Å². The standard InChI is InChI=1S/C24H31N7O6S/c1-12(32)20(24(36)37)31-23(35)19(7-14-9-26-11-28-14)30-22(34)18(29-21(33)16(25)10-38)6-13-8-27-17-5-3-2-4-15(13)17/h2-5,8-9,11-12,16,18-20,27,32,38H,6-7,10,25H2,1H3,(H,26,28)(H,29,33)(H,30,34)(H,31,35)(H,36,37). The van der Waals surface area contributed by atoms with E-state index in [-0.39, 0.29) is 18.6 Å². The van der Waals surface area contributed by atoms with Crippen molar-refractivity contribution in [2.24, 2.45) is 5.73 Å². The molecule has 5 unspecified atom stereocenters. The lowest BCUT2D eigenvalue weighted by Crippen LogP contribution is -2.59. The first-order chi connectivity index (χ1) is 18.1. The highest BCUT2D eigenvalue weighted by molar-refractivity contribution is 7.80. The molecule has 38 heavy (non-hydrogen) atoms. The third-order valence-electron chi connectivity index (χ3n) is 5.92. The number of aliphatic hydroxyl groups is 1. The van der Waals surface area contributed by atoms with E-state index in [2.05, 4.69) is 43.5 Å². The zero-order chi connectivity index (χ0) is 27.8. The third kappa shape index (κ3) is 7.34. The molecule has 0 fully saturated rings. The number of carboxylic acid groups (broad SMARTS) is 1. The normalized spacial score (nSPS) is 15.2. The molecule has 0 aliphatic heterocycles. The first-order valence-corrected chi connectivity index (χ1v) is 12.4. The Morgan fingerprint density at radius 2 is 1.68 bits per heavy atom. The van der Waals surface area contributed by atoms with Crippen LogP contribution in [0.1, 0.15) is 18.2 Å². The van der Waals surface area contributed by atoms with E-state index in [1.165, 1.54) is 19.4 Å². The van der Waals surface area contributed by atoms with E-state index in [4.69, 9.17) is 5.73 Å². The van der Waals surface area contributed by atoms with E-state index in [0.717, 1.165) is 16.5 Å². The monoisotopic (exact) mass is 545 g/mol. The van der Waals surface area contributed by atoms with E-state index < -0.39 is 54.0 Å². The molecule has 2 heterocycles. The molecular weight excluding hydrogens is 514 g/mol. The summed E-state index contributed by atoms with van der Waals surface area (Å²) in [5, 5.41) is 27.5. The zero-order valence-electron chi connectivity index (χ0n) is 20.5. The number of hydrogen-bond acceptors (Lipinski definition) is 8. The molecule has 3 aromatic rings. The number of aromatic amines is 2. The van der Waals surface area contributed by atoms with Crippen LogP contribution in [0.3, 0.4) is 0 Å². The summed E-state index contributed by atoms with van der Waals surface area (Å²) in [6, 6.07) is 2.48. The fourth-order valence-corrected chi connectivity index (χ4v) is 4.00. The summed E-state index contributed by atoms with van der Waals surface area (Å²) < 4.78 is 0. The number of aromatic nitrogens is 3. The second-order valence-corrected chi connectivity index (χ2v) is 9.19. The van der Waals surface area contributed by atoms with Crippen LogP contribution in [0.2, 0.25) is 0 Å². The van der Waals surface area contributed by atoms with E-state index in [1.54, 1.807) is 6.20 Å². The highest BCUT2D eigenvalue weighted by atomic mass is 32.1. The number of rotatable bonds is 13. The van der Waals surface area contributed by atoms with E-state index >= 15 is 0 Å². The predicted octanol–water partition coefficient (Wildman–Crippen LogP) is -1.15. The Bertz CT molecular complexity index is 1260. The van der Waals surface area contributed by atoms with Crippen LogP contribution in [0.5, 0.6) is 0 Å². The Morgan fingerprint density at radius 1 is 1.03 bits per heavy atom. The summed E-state index contributed by atoms with van der Waals surface area (Å²) in [4.78, 5) is 60.5. The number of thiol groups is 1. The number of hydrogen-bond donors (Lipinski definition) is 9. The number of nitrogens with zero attached hydrogens (tertiary/aromatic N) is 1. The Labute approximate surface area is 223 Å². The summed E-state index contributed by atoms with van der Waals surface area (Å²) >= 11 is 4.04. The molecule has 9 N–H and O–H groups in total. The lowest BCUT2D eigenvalue weighted by Gasteiger charge is -2.25. The molecule has 14 heteroatoms. The molecule has 0 spiro atoms. The number of carbonyl (C=O) groups excluding carboxylic acids is 3. The highest BCUT2D eigenvalue weighted by Crippen LogP contribution is 2.19. The molecule has 1 aromatic carbocycles. The summed E-state index contributed by atoms with van der Waals surface area (Å²) in [5.74, 6) is -3.53. The topological polar surface area (TPSA) is 215 Å². The molecule has 0 saturated carbocycles. The number of aliphatic hydroxyl groups excluding tert-OH is 1. The molecule has 0 radical (unpaired) electrons. The van der Waals surface area contributed by atoms with Crippen molar-refractivity contribution in [3.05, 3.63) is 54.2 Å². The van der Waals surface area contributed by atoms with Crippen molar-refractivity contribution >= 4 is 47.2 Å². The highest BCUT2D eigenvalue weighted by Gasteiger charge is 2.32. The molecule has 0 aliphatic rings. The second kappa shape index (κ2) is 13.1. The second-order valence-electron chi connectivity index (χ2n) is 8.82. The number of benzene rings is 1. The molecule has 3 rings (SSSR count). The molecular formula is C24H31N7O6S. The Morgan fingerprint density at radius 3 is 2.32 bits per heavy atom. The van der Waals surface area contributed by atoms with Crippen molar-refractivity contribution in [3.8, 4) is 0 Å². The maximum atomic E-state index is 13.5. The van der Waals surface area contributed by atoms with Crippen LogP contribution in [0.4, 0.5) is 0 Å². The van der Waals surface area contributed by atoms with Gasteiger partial charge >= 0.3 is 5.97 Å². The number of aliphatic carboxylic acids is 1. The largest absolute Gasteiger partial charge is 0.480 e. The first-order valence-electron chi connectivity index (χ1n) is 11.8. The Hall–Kier alpha value is -3.88. The van der Waals surface area contributed by atoms with Crippen molar-refractivity contribution in [1.29, 1.82) is 0 Å². The minimum atomic E-state index is -1.60. The van der Waals surface area contributed by atoms with Crippen LogP contribution < -0.4 is 21.7 Å². The summed E-state index contributed by atoms with van der Waals surface area (Å²) in [5.41, 5.74) is 7.88. The predicted molar refractivity (Wildman–Crippen MR) is 141 cm³/mol. The van der Waals surface area contributed by atoms with Crippen molar-refractivity contribution in [1.82, 2.24) is 30.9 Å². The van der Waals surface area contributed by atoms with Crippen molar-refractivity contribution < 1.29 is 29.4 Å². The number of imidazole rings is 1. The van der Waals surface area contributed by atoms with Gasteiger partial charge in [0.15, 0.2) is 6.04 Å². The van der Waals surface area contributed by atoms with Crippen LogP contribution in [0.15, 0.2) is 43.0 Å². The smallest absolute Gasteiger partial charge is 0.328 e. The molecule has 2 aromatic heterocycles. The maximum absolute atomic E-state index is 13.5. The van der Waals surface area contributed by atoms with Gasteiger partial charge in [-0.3, -0.25) is 14.4 Å².